The van der Waals surface area contributed by atoms with Crippen LogP contribution in [0.25, 0.3) is 0 Å². The lowest BCUT2D eigenvalue weighted by Crippen LogP contribution is -2.30. The molecule has 0 aromatic rings. The summed E-state index contributed by atoms with van der Waals surface area (Å²) in [5.41, 5.74) is 0. The summed E-state index contributed by atoms with van der Waals surface area (Å²) in [6, 6.07) is 0. The van der Waals surface area contributed by atoms with Crippen LogP contribution in [0.3, 0.4) is 0 Å². The van der Waals surface area contributed by atoms with Gasteiger partial charge in [0.15, 0.2) is 6.10 Å². The fourth-order valence-electron chi connectivity index (χ4n) is 10.6. The molecular weight excluding hydrogens is 1010 g/mol. The monoisotopic (exact) mass is 1150 g/mol. The molecule has 0 saturated carbocycles. The fourth-order valence-corrected chi connectivity index (χ4v) is 10.6. The van der Waals surface area contributed by atoms with Crippen molar-refractivity contribution in [3.8, 4) is 0 Å². The van der Waals surface area contributed by atoms with Gasteiger partial charge in [0.2, 0.25) is 0 Å². The number of allylic oxidation sites excluding steroid dienone is 12. The third-order valence-corrected chi connectivity index (χ3v) is 16.0. The van der Waals surface area contributed by atoms with Crippen molar-refractivity contribution >= 4 is 17.9 Å². The number of hydrogen-bond acceptors (Lipinski definition) is 6. The van der Waals surface area contributed by atoms with E-state index < -0.39 is 6.10 Å². The second kappa shape index (κ2) is 70.3. The van der Waals surface area contributed by atoms with E-state index in [4.69, 9.17) is 14.2 Å². The molecule has 1 atom stereocenters. The van der Waals surface area contributed by atoms with Gasteiger partial charge < -0.3 is 14.2 Å². The second-order valence-electron chi connectivity index (χ2n) is 24.1. The van der Waals surface area contributed by atoms with E-state index in [9.17, 15) is 14.4 Å². The zero-order valence-corrected chi connectivity index (χ0v) is 54.8. The lowest BCUT2D eigenvalue weighted by Gasteiger charge is -2.18. The molecule has 0 aliphatic carbocycles. The molecule has 82 heavy (non-hydrogen) atoms. The molecule has 0 aromatic carbocycles. The Bertz CT molecular complexity index is 1500. The molecule has 6 nitrogen and oxygen atoms in total. The highest BCUT2D eigenvalue weighted by Gasteiger charge is 2.19. The molecule has 0 radical (unpaired) electrons. The molecule has 6 heteroatoms. The first kappa shape index (κ1) is 78.8. The quantitative estimate of drug-likeness (QED) is 0.0261. The van der Waals surface area contributed by atoms with Gasteiger partial charge >= 0.3 is 17.9 Å². The number of rotatable bonds is 66. The summed E-state index contributed by atoms with van der Waals surface area (Å²) in [5, 5.41) is 0. The van der Waals surface area contributed by atoms with Crippen LogP contribution in [0.5, 0.6) is 0 Å². The van der Waals surface area contributed by atoms with Crippen molar-refractivity contribution in [2.75, 3.05) is 13.2 Å². The van der Waals surface area contributed by atoms with Crippen molar-refractivity contribution in [1.82, 2.24) is 0 Å². The third kappa shape index (κ3) is 67.6. The van der Waals surface area contributed by atoms with Crippen LogP contribution in [-0.2, 0) is 28.6 Å². The minimum atomic E-state index is -0.769. The van der Waals surface area contributed by atoms with Gasteiger partial charge in [-0.1, -0.05) is 357 Å². The van der Waals surface area contributed by atoms with Crippen molar-refractivity contribution in [1.29, 1.82) is 0 Å². The second-order valence-corrected chi connectivity index (χ2v) is 24.1. The largest absolute Gasteiger partial charge is 0.462 e. The Morgan fingerprint density at radius 3 is 0.744 bits per heavy atom. The van der Waals surface area contributed by atoms with Crippen LogP contribution >= 0.6 is 0 Å². The number of unbranched alkanes of at least 4 members (excludes halogenated alkanes) is 43. The Morgan fingerprint density at radius 1 is 0.256 bits per heavy atom. The van der Waals surface area contributed by atoms with E-state index in [0.717, 1.165) is 96.3 Å². The van der Waals surface area contributed by atoms with Crippen LogP contribution in [0.2, 0.25) is 0 Å². The normalized spacial score (nSPS) is 12.5. The average Bonchev–Trinajstić information content (AvgIpc) is 3.48. The Kier molecular flexibility index (Phi) is 67.6. The Labute approximate surface area is 510 Å². The zero-order chi connectivity index (χ0) is 59.2. The maximum atomic E-state index is 12.9. The van der Waals surface area contributed by atoms with Crippen LogP contribution in [0.15, 0.2) is 72.9 Å². The first-order chi connectivity index (χ1) is 40.5. The first-order valence-electron chi connectivity index (χ1n) is 35.9. The van der Waals surface area contributed by atoms with Gasteiger partial charge in [-0.2, -0.15) is 0 Å². The van der Waals surface area contributed by atoms with Gasteiger partial charge in [0.25, 0.3) is 0 Å². The van der Waals surface area contributed by atoms with E-state index in [0.29, 0.717) is 19.3 Å². The van der Waals surface area contributed by atoms with Crippen LogP contribution in [0.4, 0.5) is 0 Å². The van der Waals surface area contributed by atoms with Gasteiger partial charge in [-0.3, -0.25) is 14.4 Å². The number of esters is 3. The minimum absolute atomic E-state index is 0.0676. The topological polar surface area (TPSA) is 78.9 Å². The average molecular weight is 1150 g/mol. The predicted octanol–water partition coefficient (Wildman–Crippen LogP) is 24.8. The van der Waals surface area contributed by atoms with Gasteiger partial charge in [-0.05, 0) is 70.6 Å². The van der Waals surface area contributed by atoms with E-state index >= 15 is 0 Å². The van der Waals surface area contributed by atoms with Crippen molar-refractivity contribution in [2.24, 2.45) is 0 Å². The van der Waals surface area contributed by atoms with Gasteiger partial charge in [0.1, 0.15) is 13.2 Å². The van der Waals surface area contributed by atoms with Crippen molar-refractivity contribution < 1.29 is 28.6 Å². The summed E-state index contributed by atoms with van der Waals surface area (Å²) in [7, 11) is 0. The lowest BCUT2D eigenvalue weighted by atomic mass is 10.0. The molecule has 0 spiro atoms. The highest BCUT2D eigenvalue weighted by molar-refractivity contribution is 5.71. The summed E-state index contributed by atoms with van der Waals surface area (Å²) in [5.74, 6) is -0.846. The maximum Gasteiger partial charge on any atom is 0.306 e. The third-order valence-electron chi connectivity index (χ3n) is 16.0. The number of carbonyl (C=O) groups is 3. The smallest absolute Gasteiger partial charge is 0.306 e. The summed E-state index contributed by atoms with van der Waals surface area (Å²) in [4.78, 5) is 38.3. The predicted molar refractivity (Wildman–Crippen MR) is 358 cm³/mol. The van der Waals surface area contributed by atoms with Gasteiger partial charge in [0.05, 0.1) is 0 Å². The summed E-state index contributed by atoms with van der Waals surface area (Å²) >= 11 is 0. The van der Waals surface area contributed by atoms with Crippen LogP contribution < -0.4 is 0 Å². The van der Waals surface area contributed by atoms with Crippen LogP contribution in [0.1, 0.15) is 374 Å². The Hall–Kier alpha value is -3.15. The number of hydrogen-bond donors (Lipinski definition) is 0. The van der Waals surface area contributed by atoms with E-state index in [2.05, 4.69) is 93.7 Å². The molecule has 0 aliphatic rings. The highest BCUT2D eigenvalue weighted by atomic mass is 16.6. The van der Waals surface area contributed by atoms with Crippen molar-refractivity contribution in [2.45, 2.75) is 380 Å². The summed E-state index contributed by atoms with van der Waals surface area (Å²) < 4.78 is 16.9. The first-order valence-corrected chi connectivity index (χ1v) is 35.9. The lowest BCUT2D eigenvalue weighted by molar-refractivity contribution is -0.167. The minimum Gasteiger partial charge on any atom is -0.462 e. The molecule has 0 amide bonds. The molecule has 0 aromatic heterocycles. The standard InChI is InChI=1S/C76H136O6/c1-4-7-10-13-16-19-21-23-25-27-29-31-32-33-34-35-36-37-38-39-40-41-42-43-44-45-47-48-50-52-54-57-60-63-66-69-75(78)81-72-73(71-80-74(77)68-65-62-59-56-18-15-12-9-6-3)82-76(79)70-67-64-61-58-55-53-51-49-46-30-28-26-24-22-20-17-14-11-8-5-2/h7,10,16,19,23,25,29,31,33-34,36-37,73H,4-6,8-9,11-15,17-18,20-22,24,26-28,30,32,35,38-72H2,1-3H3/b10-7-,19-16-,25-23-,31-29-,34-33-,37-36-. The van der Waals surface area contributed by atoms with Crippen LogP contribution in [0, 0.1) is 0 Å². The molecule has 0 rings (SSSR count). The molecule has 0 heterocycles. The molecule has 0 aliphatic heterocycles. The molecule has 476 valence electrons. The molecule has 0 bridgehead atoms. The Morgan fingerprint density at radius 2 is 0.476 bits per heavy atom. The van der Waals surface area contributed by atoms with Crippen LogP contribution in [-0.4, -0.2) is 37.2 Å². The fraction of sp³-hybridized carbons (Fsp3) is 0.803. The van der Waals surface area contributed by atoms with Gasteiger partial charge in [0, 0.05) is 19.3 Å². The van der Waals surface area contributed by atoms with Crippen molar-refractivity contribution in [3.05, 3.63) is 72.9 Å². The highest BCUT2D eigenvalue weighted by Crippen LogP contribution is 2.18. The van der Waals surface area contributed by atoms with Gasteiger partial charge in [-0.25, -0.2) is 0 Å². The van der Waals surface area contributed by atoms with Crippen molar-refractivity contribution in [3.63, 3.8) is 0 Å². The van der Waals surface area contributed by atoms with Gasteiger partial charge in [-0.15, -0.1) is 0 Å². The molecule has 0 fully saturated rings. The Balaban J connectivity index is 4.06. The van der Waals surface area contributed by atoms with E-state index in [-0.39, 0.29) is 31.1 Å². The zero-order valence-electron chi connectivity index (χ0n) is 54.8. The number of ether oxygens (including phenoxy) is 3. The van der Waals surface area contributed by atoms with E-state index in [1.807, 2.05) is 0 Å². The molecular formula is C76H136O6. The van der Waals surface area contributed by atoms with E-state index in [1.165, 1.54) is 238 Å². The summed E-state index contributed by atoms with van der Waals surface area (Å²) in [6.45, 7) is 6.57. The number of carbonyl (C=O) groups excluding carboxylic acids is 3. The molecule has 0 N–H and O–H groups in total. The molecule has 0 saturated heterocycles. The SMILES string of the molecule is CC/C=C\C/C=C\C/C=C\C/C=C\C/C=C\C/C=C\CCCCCCCCCCCCCCCCCCC(=O)OCC(COC(=O)CCCCCCCCCCC)OC(=O)CCCCCCCCCCCCCCCCCCCCCC. The maximum absolute atomic E-state index is 12.9. The summed E-state index contributed by atoms with van der Waals surface area (Å²) in [6.07, 6.45) is 92.4. The molecule has 1 unspecified atom stereocenters. The van der Waals surface area contributed by atoms with E-state index in [1.54, 1.807) is 0 Å².